The van der Waals surface area contributed by atoms with Crippen molar-refractivity contribution < 1.29 is 9.15 Å². The van der Waals surface area contributed by atoms with Crippen molar-refractivity contribution in [2.45, 2.75) is 6.54 Å². The zero-order valence-corrected chi connectivity index (χ0v) is 11.6. The van der Waals surface area contributed by atoms with E-state index in [-0.39, 0.29) is 0 Å². The number of methoxy groups -OCH3 is 1. The number of hydrogen-bond donors (Lipinski definition) is 1. The number of nitrogens with one attached hydrogen (secondary N) is 1. The van der Waals surface area contributed by atoms with Crippen molar-refractivity contribution in [3.8, 4) is 16.9 Å². The van der Waals surface area contributed by atoms with E-state index in [0.29, 0.717) is 6.54 Å². The lowest BCUT2D eigenvalue weighted by Gasteiger charge is -2.10. The van der Waals surface area contributed by atoms with E-state index < -0.39 is 0 Å². The molecular weight excluding hydrogens is 250 g/mol. The van der Waals surface area contributed by atoms with Gasteiger partial charge in [-0.2, -0.15) is 0 Å². The van der Waals surface area contributed by atoms with Crippen LogP contribution in [0.25, 0.3) is 21.9 Å². The largest absolute Gasteiger partial charge is 0.496 e. The quantitative estimate of drug-likeness (QED) is 0.780. The molecule has 3 rings (SSSR count). The first kappa shape index (κ1) is 12.8. The molecule has 1 heterocycles. The molecule has 0 aliphatic rings. The summed E-state index contributed by atoms with van der Waals surface area (Å²) >= 11 is 0. The highest BCUT2D eigenvalue weighted by molar-refractivity contribution is 6.00. The maximum atomic E-state index is 5.57. The zero-order valence-electron chi connectivity index (χ0n) is 11.6. The Kier molecular flexibility index (Phi) is 3.44. The van der Waals surface area contributed by atoms with Gasteiger partial charge in [-0.1, -0.05) is 24.3 Å². The van der Waals surface area contributed by atoms with Crippen molar-refractivity contribution in [2.24, 2.45) is 0 Å². The van der Waals surface area contributed by atoms with Crippen LogP contribution in [0, 0.1) is 0 Å². The summed E-state index contributed by atoms with van der Waals surface area (Å²) in [6.07, 6.45) is 1.74. The number of fused-ring (bicyclic) bond motifs is 1. The average Bonchev–Trinajstić information content (AvgIpc) is 2.94. The first-order chi connectivity index (χ1) is 9.85. The molecule has 0 aliphatic heterocycles. The van der Waals surface area contributed by atoms with Gasteiger partial charge >= 0.3 is 0 Å². The smallest absolute Gasteiger partial charge is 0.126 e. The Morgan fingerprint density at radius 3 is 2.55 bits per heavy atom. The third-order valence-electron chi connectivity index (χ3n) is 3.48. The Bertz CT molecular complexity index is 731. The predicted octanol–water partition coefficient (Wildman–Crippen LogP) is 3.83. The number of benzene rings is 2. The molecule has 3 aromatic rings. The highest BCUT2D eigenvalue weighted by Crippen LogP contribution is 2.36. The maximum absolute atomic E-state index is 5.57. The molecule has 0 unspecified atom stereocenters. The number of hydrogen-bond acceptors (Lipinski definition) is 3. The molecule has 0 bridgehead atoms. The molecule has 0 saturated carbocycles. The Labute approximate surface area is 118 Å². The standard InChI is InChI=1S/C17H17NO2/c1-18-11-17-15(9-10-20-17)13-7-8-16(19-2)14-6-4-3-5-12(13)14/h3-10,18H,11H2,1-2H3. The van der Waals surface area contributed by atoms with E-state index >= 15 is 0 Å². The van der Waals surface area contributed by atoms with Gasteiger partial charge in [-0.15, -0.1) is 0 Å². The van der Waals surface area contributed by atoms with Crippen molar-refractivity contribution in [3.05, 3.63) is 54.5 Å². The molecule has 1 N–H and O–H groups in total. The Morgan fingerprint density at radius 1 is 1.00 bits per heavy atom. The van der Waals surface area contributed by atoms with Gasteiger partial charge in [-0.25, -0.2) is 0 Å². The van der Waals surface area contributed by atoms with Crippen LogP contribution in [0.4, 0.5) is 0 Å². The highest BCUT2D eigenvalue weighted by Gasteiger charge is 2.12. The lowest BCUT2D eigenvalue weighted by molar-refractivity contribution is 0.420. The van der Waals surface area contributed by atoms with Gasteiger partial charge in [0.2, 0.25) is 0 Å². The first-order valence-corrected chi connectivity index (χ1v) is 6.62. The van der Waals surface area contributed by atoms with Crippen molar-refractivity contribution in [1.82, 2.24) is 5.32 Å². The van der Waals surface area contributed by atoms with Crippen LogP contribution in [-0.4, -0.2) is 14.2 Å². The molecule has 0 amide bonds. The normalized spacial score (nSPS) is 10.9. The highest BCUT2D eigenvalue weighted by atomic mass is 16.5. The van der Waals surface area contributed by atoms with E-state index in [1.807, 2.05) is 31.3 Å². The molecule has 20 heavy (non-hydrogen) atoms. The van der Waals surface area contributed by atoms with Gasteiger partial charge in [-0.05, 0) is 36.2 Å². The van der Waals surface area contributed by atoms with Crippen LogP contribution in [0.2, 0.25) is 0 Å². The van der Waals surface area contributed by atoms with Crippen molar-refractivity contribution in [1.29, 1.82) is 0 Å². The summed E-state index contributed by atoms with van der Waals surface area (Å²) in [4.78, 5) is 0. The third kappa shape index (κ3) is 2.06. The lowest BCUT2D eigenvalue weighted by Crippen LogP contribution is -2.04. The molecule has 0 radical (unpaired) electrons. The van der Waals surface area contributed by atoms with E-state index in [9.17, 15) is 0 Å². The average molecular weight is 267 g/mol. The van der Waals surface area contributed by atoms with E-state index in [0.717, 1.165) is 22.5 Å². The van der Waals surface area contributed by atoms with Crippen LogP contribution in [-0.2, 0) is 6.54 Å². The van der Waals surface area contributed by atoms with Crippen LogP contribution in [0.15, 0.2) is 53.1 Å². The van der Waals surface area contributed by atoms with Crippen LogP contribution in [0.5, 0.6) is 5.75 Å². The zero-order chi connectivity index (χ0) is 13.9. The lowest BCUT2D eigenvalue weighted by atomic mass is 9.98. The second-order valence-corrected chi connectivity index (χ2v) is 4.65. The first-order valence-electron chi connectivity index (χ1n) is 6.62. The molecule has 0 atom stereocenters. The fraction of sp³-hybridized carbons (Fsp3) is 0.176. The molecule has 1 aromatic heterocycles. The topological polar surface area (TPSA) is 34.4 Å². The van der Waals surface area contributed by atoms with E-state index in [4.69, 9.17) is 9.15 Å². The number of furan rings is 1. The molecule has 0 aliphatic carbocycles. The third-order valence-corrected chi connectivity index (χ3v) is 3.48. The van der Waals surface area contributed by atoms with Gasteiger partial charge in [0.25, 0.3) is 0 Å². The summed E-state index contributed by atoms with van der Waals surface area (Å²) in [6, 6.07) is 14.4. The molecular formula is C17H17NO2. The molecule has 0 spiro atoms. The monoisotopic (exact) mass is 267 g/mol. The molecule has 102 valence electrons. The van der Waals surface area contributed by atoms with Crippen LogP contribution < -0.4 is 10.1 Å². The summed E-state index contributed by atoms with van der Waals surface area (Å²) in [7, 11) is 3.62. The predicted molar refractivity (Wildman–Crippen MR) is 81.0 cm³/mol. The van der Waals surface area contributed by atoms with Crippen molar-refractivity contribution in [3.63, 3.8) is 0 Å². The fourth-order valence-electron chi connectivity index (χ4n) is 2.56. The van der Waals surface area contributed by atoms with E-state index in [1.54, 1.807) is 13.4 Å². The van der Waals surface area contributed by atoms with Gasteiger partial charge < -0.3 is 14.5 Å². The van der Waals surface area contributed by atoms with Crippen molar-refractivity contribution in [2.75, 3.05) is 14.2 Å². The second kappa shape index (κ2) is 5.39. The molecule has 0 saturated heterocycles. The second-order valence-electron chi connectivity index (χ2n) is 4.65. The Hall–Kier alpha value is -2.26. The minimum atomic E-state index is 0.711. The summed E-state index contributed by atoms with van der Waals surface area (Å²) in [5.74, 6) is 1.84. The van der Waals surface area contributed by atoms with E-state index in [2.05, 4.69) is 23.5 Å². The molecule has 0 fully saturated rings. The van der Waals surface area contributed by atoms with Crippen LogP contribution in [0.1, 0.15) is 5.76 Å². The van der Waals surface area contributed by atoms with Crippen LogP contribution >= 0.6 is 0 Å². The van der Waals surface area contributed by atoms with Gasteiger partial charge in [0.05, 0.1) is 19.9 Å². The minimum Gasteiger partial charge on any atom is -0.496 e. The Balaban J connectivity index is 2.24. The molecule has 3 nitrogen and oxygen atoms in total. The summed E-state index contributed by atoms with van der Waals surface area (Å²) in [5.41, 5.74) is 2.29. The maximum Gasteiger partial charge on any atom is 0.126 e. The van der Waals surface area contributed by atoms with Gasteiger partial charge in [-0.3, -0.25) is 0 Å². The summed E-state index contributed by atoms with van der Waals surface area (Å²) in [5, 5.41) is 5.42. The van der Waals surface area contributed by atoms with Crippen molar-refractivity contribution >= 4 is 10.8 Å². The van der Waals surface area contributed by atoms with Gasteiger partial charge in [0.1, 0.15) is 11.5 Å². The fourth-order valence-corrected chi connectivity index (χ4v) is 2.56. The van der Waals surface area contributed by atoms with Gasteiger partial charge in [0, 0.05) is 10.9 Å². The SMILES string of the molecule is CNCc1occc1-c1ccc(OC)c2ccccc12. The van der Waals surface area contributed by atoms with E-state index in [1.165, 1.54) is 10.9 Å². The summed E-state index contributed by atoms with van der Waals surface area (Å²) < 4.78 is 11.0. The van der Waals surface area contributed by atoms with Gasteiger partial charge in [0.15, 0.2) is 0 Å². The van der Waals surface area contributed by atoms with Crippen LogP contribution in [0.3, 0.4) is 0 Å². The molecule has 2 aromatic carbocycles. The Morgan fingerprint density at radius 2 is 1.80 bits per heavy atom. The molecule has 3 heteroatoms. The minimum absolute atomic E-state index is 0.711. The summed E-state index contributed by atoms with van der Waals surface area (Å²) in [6.45, 7) is 0.711. The number of ether oxygens (including phenoxy) is 1. The number of rotatable bonds is 4.